The summed E-state index contributed by atoms with van der Waals surface area (Å²) in [6.07, 6.45) is 1.73. The molecule has 0 bridgehead atoms. The van der Waals surface area contributed by atoms with Crippen molar-refractivity contribution in [1.82, 2.24) is 10.3 Å². The number of hydrogen-bond acceptors (Lipinski definition) is 10. The SMILES string of the molecule is Cc1c(COc2cc(OCc3cncc(C#N)c3)c(CCC[C@@H](O)CC(=O)O)cc2Cl)cccc1-c1cccc(-c2ccc(OCCNC[C@@H](O)CC(=O)O)cc2)c1Cl. The molecule has 0 aliphatic carbocycles. The number of aromatic nitrogens is 1. The van der Waals surface area contributed by atoms with Gasteiger partial charge in [-0.25, -0.2) is 0 Å². The Morgan fingerprint density at radius 3 is 2.25 bits per heavy atom. The van der Waals surface area contributed by atoms with Crippen molar-refractivity contribution in [3.8, 4) is 45.6 Å². The predicted molar refractivity (Wildman–Crippen MR) is 224 cm³/mol. The zero-order valence-corrected chi connectivity index (χ0v) is 33.9. The molecule has 5 rings (SSSR count). The van der Waals surface area contributed by atoms with Crippen molar-refractivity contribution in [2.24, 2.45) is 0 Å². The van der Waals surface area contributed by atoms with Crippen LogP contribution in [0.3, 0.4) is 0 Å². The van der Waals surface area contributed by atoms with Gasteiger partial charge >= 0.3 is 11.9 Å². The molecule has 1 heterocycles. The van der Waals surface area contributed by atoms with Crippen LogP contribution in [0.4, 0.5) is 0 Å². The molecule has 0 fully saturated rings. The Hall–Kier alpha value is -5.68. The molecule has 59 heavy (non-hydrogen) atoms. The molecule has 5 aromatic rings. The second kappa shape index (κ2) is 21.9. The second-order valence-corrected chi connectivity index (χ2v) is 14.7. The molecule has 0 saturated carbocycles. The van der Waals surface area contributed by atoms with Crippen LogP contribution in [0, 0.1) is 18.3 Å². The molecule has 4 aromatic carbocycles. The molecule has 12 nitrogen and oxygen atoms in total. The highest BCUT2D eigenvalue weighted by molar-refractivity contribution is 6.36. The van der Waals surface area contributed by atoms with Crippen molar-refractivity contribution in [1.29, 1.82) is 5.26 Å². The summed E-state index contributed by atoms with van der Waals surface area (Å²) in [5, 5.41) is 50.8. The number of carboxylic acid groups (broad SMARTS) is 2. The van der Waals surface area contributed by atoms with E-state index in [9.17, 15) is 25.1 Å². The van der Waals surface area contributed by atoms with E-state index in [1.165, 1.54) is 6.20 Å². The number of pyridine rings is 1. The number of aliphatic carboxylic acids is 2. The normalized spacial score (nSPS) is 12.0. The lowest BCUT2D eigenvalue weighted by Gasteiger charge is -2.18. The van der Waals surface area contributed by atoms with E-state index in [1.807, 2.05) is 67.6 Å². The number of benzene rings is 4. The van der Waals surface area contributed by atoms with Gasteiger partial charge in [0.15, 0.2) is 0 Å². The molecule has 0 saturated heterocycles. The van der Waals surface area contributed by atoms with E-state index in [-0.39, 0.29) is 39.0 Å². The summed E-state index contributed by atoms with van der Waals surface area (Å²) in [5.41, 5.74) is 7.26. The highest BCUT2D eigenvalue weighted by Gasteiger charge is 2.17. The zero-order valence-electron chi connectivity index (χ0n) is 32.4. The van der Waals surface area contributed by atoms with Crippen molar-refractivity contribution in [3.05, 3.63) is 129 Å². The first-order valence-corrected chi connectivity index (χ1v) is 19.7. The summed E-state index contributed by atoms with van der Waals surface area (Å²) in [6.45, 7) is 3.25. The zero-order chi connectivity index (χ0) is 42.3. The molecule has 0 aliphatic rings. The van der Waals surface area contributed by atoms with E-state index in [2.05, 4.69) is 16.4 Å². The summed E-state index contributed by atoms with van der Waals surface area (Å²) in [6, 6.07) is 26.6. The van der Waals surface area contributed by atoms with E-state index in [0.29, 0.717) is 64.4 Å². The molecule has 14 heteroatoms. The molecule has 0 radical (unpaired) electrons. The van der Waals surface area contributed by atoms with Gasteiger partial charge in [-0.2, -0.15) is 5.26 Å². The number of aliphatic hydroxyl groups excluding tert-OH is 2. The molecular weight excluding hydrogens is 797 g/mol. The third-order valence-electron chi connectivity index (χ3n) is 9.45. The maximum absolute atomic E-state index is 11.0. The Morgan fingerprint density at radius 2 is 1.51 bits per heavy atom. The summed E-state index contributed by atoms with van der Waals surface area (Å²) in [7, 11) is 0. The first-order valence-electron chi connectivity index (χ1n) is 18.9. The van der Waals surface area contributed by atoms with E-state index in [0.717, 1.165) is 38.9 Å². The smallest absolute Gasteiger partial charge is 0.306 e. The number of aryl methyl sites for hydroxylation is 1. The standard InChI is InChI=1S/C45H45Cl2N3O9/c1-28-33(27-59-42-21-41(58-26-30-17-29(22-48)23-50-24-30)32(18-40(42)46)5-2-7-34(51)19-43(53)54)6-3-8-37(28)39-10-4-9-38(45(39)47)31-11-13-36(14-12-31)57-16-15-49-25-35(52)20-44(55)56/h3-4,6,8-14,17-18,21,23-24,34-35,49,51-52H,2,5,7,15-16,19-20,25-27H2,1H3,(H,53,54)(H,55,56)/t34-,35+/m1/s1. The fourth-order valence-corrected chi connectivity index (χ4v) is 6.98. The van der Waals surface area contributed by atoms with Crippen LogP contribution in [-0.2, 0) is 29.2 Å². The van der Waals surface area contributed by atoms with Gasteiger partial charge in [0.1, 0.15) is 43.1 Å². The van der Waals surface area contributed by atoms with Crippen molar-refractivity contribution >= 4 is 35.1 Å². The Morgan fingerprint density at radius 1 is 0.814 bits per heavy atom. The van der Waals surface area contributed by atoms with Crippen molar-refractivity contribution in [2.45, 2.75) is 64.4 Å². The Bertz CT molecular complexity index is 2260. The van der Waals surface area contributed by atoms with Crippen LogP contribution in [0.25, 0.3) is 22.3 Å². The summed E-state index contributed by atoms with van der Waals surface area (Å²) in [5.74, 6) is -0.576. The third kappa shape index (κ3) is 13.2. The predicted octanol–water partition coefficient (Wildman–Crippen LogP) is 8.02. The average Bonchev–Trinajstić information content (AvgIpc) is 3.20. The van der Waals surface area contributed by atoms with Gasteiger partial charge in [0.05, 0.1) is 40.7 Å². The minimum atomic E-state index is -1.07. The molecule has 308 valence electrons. The maximum atomic E-state index is 11.0. The number of nitriles is 1. The first kappa shape index (κ1) is 44.4. The molecule has 5 N–H and O–H groups in total. The van der Waals surface area contributed by atoms with Gasteiger partial charge in [-0.15, -0.1) is 0 Å². The van der Waals surface area contributed by atoms with Gasteiger partial charge in [0, 0.05) is 48.2 Å². The first-order chi connectivity index (χ1) is 28.4. The van der Waals surface area contributed by atoms with Gasteiger partial charge in [0.25, 0.3) is 0 Å². The molecular formula is C45H45Cl2N3O9. The van der Waals surface area contributed by atoms with Crippen LogP contribution in [0.1, 0.15) is 53.5 Å². The molecule has 0 unspecified atom stereocenters. The summed E-state index contributed by atoms with van der Waals surface area (Å²) in [4.78, 5) is 25.8. The average molecular weight is 843 g/mol. The van der Waals surface area contributed by atoms with Crippen LogP contribution in [-0.4, -0.2) is 69.3 Å². The fourth-order valence-electron chi connectivity index (χ4n) is 6.40. The number of ether oxygens (including phenoxy) is 3. The number of nitrogens with one attached hydrogen (secondary N) is 1. The number of aliphatic hydroxyl groups is 2. The van der Waals surface area contributed by atoms with E-state index in [1.54, 1.807) is 24.4 Å². The topological polar surface area (TPSA) is 191 Å². The van der Waals surface area contributed by atoms with Crippen LogP contribution >= 0.6 is 23.2 Å². The van der Waals surface area contributed by atoms with Crippen molar-refractivity contribution < 1.29 is 44.2 Å². The Labute approximate surface area is 352 Å². The van der Waals surface area contributed by atoms with Gasteiger partial charge in [-0.1, -0.05) is 71.7 Å². The largest absolute Gasteiger partial charge is 0.492 e. The fraction of sp³-hybridized carbons (Fsp3) is 0.289. The van der Waals surface area contributed by atoms with Gasteiger partial charge in [-0.3, -0.25) is 14.6 Å². The van der Waals surface area contributed by atoms with Gasteiger partial charge in [0.2, 0.25) is 0 Å². The molecule has 2 atom stereocenters. The number of rotatable bonds is 22. The van der Waals surface area contributed by atoms with Crippen LogP contribution in [0.2, 0.25) is 10.0 Å². The van der Waals surface area contributed by atoms with E-state index >= 15 is 0 Å². The van der Waals surface area contributed by atoms with Crippen LogP contribution in [0.15, 0.2) is 91.3 Å². The van der Waals surface area contributed by atoms with Gasteiger partial charge < -0.3 is 40.0 Å². The lowest BCUT2D eigenvalue weighted by Crippen LogP contribution is -2.31. The third-order valence-corrected chi connectivity index (χ3v) is 10.2. The van der Waals surface area contributed by atoms with E-state index < -0.39 is 24.1 Å². The number of hydrogen-bond donors (Lipinski definition) is 5. The lowest BCUT2D eigenvalue weighted by atomic mass is 9.94. The monoisotopic (exact) mass is 841 g/mol. The van der Waals surface area contributed by atoms with Crippen LogP contribution in [0.5, 0.6) is 17.2 Å². The Balaban J connectivity index is 1.28. The van der Waals surface area contributed by atoms with Crippen LogP contribution < -0.4 is 19.5 Å². The summed E-state index contributed by atoms with van der Waals surface area (Å²) < 4.78 is 18.3. The second-order valence-electron chi connectivity index (χ2n) is 13.9. The minimum absolute atomic E-state index is 0.125. The molecule has 1 aromatic heterocycles. The van der Waals surface area contributed by atoms with E-state index in [4.69, 9.17) is 47.6 Å². The van der Waals surface area contributed by atoms with Crippen molar-refractivity contribution in [3.63, 3.8) is 0 Å². The minimum Gasteiger partial charge on any atom is -0.492 e. The number of nitrogens with zero attached hydrogens (tertiary/aromatic N) is 2. The number of carboxylic acids is 2. The highest BCUT2D eigenvalue weighted by atomic mass is 35.5. The Kier molecular flexibility index (Phi) is 16.5. The maximum Gasteiger partial charge on any atom is 0.306 e. The van der Waals surface area contributed by atoms with Gasteiger partial charge in [-0.05, 0) is 78.3 Å². The quantitative estimate of drug-likeness (QED) is 0.0423. The highest BCUT2D eigenvalue weighted by Crippen LogP contribution is 2.40. The molecule has 0 spiro atoms. The van der Waals surface area contributed by atoms with Crippen molar-refractivity contribution in [2.75, 3.05) is 19.7 Å². The summed E-state index contributed by atoms with van der Waals surface area (Å²) >= 11 is 13.9. The molecule has 0 amide bonds. The lowest BCUT2D eigenvalue weighted by molar-refractivity contribution is -0.140. The molecule has 0 aliphatic heterocycles. The number of halogens is 2. The number of carbonyl (C=O) groups is 2.